The minimum Gasteiger partial charge on any atom is -0.453 e. The fourth-order valence-corrected chi connectivity index (χ4v) is 2.90. The van der Waals surface area contributed by atoms with E-state index < -0.39 is 18.0 Å². The van der Waals surface area contributed by atoms with E-state index in [2.05, 4.69) is 5.32 Å². The molecule has 1 atom stereocenters. The number of amides is 3. The number of ether oxygens (including phenoxy) is 1. The Hall–Kier alpha value is -3.48. The van der Waals surface area contributed by atoms with E-state index in [9.17, 15) is 19.2 Å². The lowest BCUT2D eigenvalue weighted by atomic mass is 10.1. The highest BCUT2D eigenvalue weighted by Crippen LogP contribution is 2.22. The van der Waals surface area contributed by atoms with Crippen LogP contribution in [0, 0.1) is 0 Å². The first-order valence-corrected chi connectivity index (χ1v) is 8.98. The van der Waals surface area contributed by atoms with Gasteiger partial charge in [0.2, 0.25) is 0 Å². The molecular weight excluding hydrogens is 360 g/mol. The molecule has 1 heterocycles. The highest BCUT2D eigenvalue weighted by molar-refractivity contribution is 6.21. The smallest absolute Gasteiger partial charge is 0.306 e. The molecule has 0 spiro atoms. The van der Waals surface area contributed by atoms with Crippen LogP contribution < -0.4 is 5.32 Å². The van der Waals surface area contributed by atoms with E-state index >= 15 is 0 Å². The van der Waals surface area contributed by atoms with Crippen LogP contribution in [0.15, 0.2) is 54.6 Å². The number of anilines is 1. The molecule has 144 valence electrons. The summed E-state index contributed by atoms with van der Waals surface area (Å²) in [5, 5.41) is 2.66. The van der Waals surface area contributed by atoms with Crippen LogP contribution in [0.1, 0.15) is 40.5 Å². The second-order valence-corrected chi connectivity index (χ2v) is 6.40. The number of carbonyl (C=O) groups excluding carboxylic acids is 4. The van der Waals surface area contributed by atoms with Crippen LogP contribution in [0.5, 0.6) is 0 Å². The van der Waals surface area contributed by atoms with Gasteiger partial charge in [0.1, 0.15) is 0 Å². The van der Waals surface area contributed by atoms with Gasteiger partial charge in [0.05, 0.1) is 11.1 Å². The van der Waals surface area contributed by atoms with Crippen molar-refractivity contribution in [2.75, 3.05) is 11.9 Å². The van der Waals surface area contributed by atoms with E-state index in [0.29, 0.717) is 16.8 Å². The van der Waals surface area contributed by atoms with Crippen molar-refractivity contribution in [2.24, 2.45) is 0 Å². The molecule has 3 rings (SSSR count). The number of esters is 1. The Bertz CT molecular complexity index is 875. The second kappa shape index (κ2) is 8.47. The summed E-state index contributed by atoms with van der Waals surface area (Å²) in [6.45, 7) is 1.60. The SMILES string of the molecule is C[C@@H](OC(=O)CCCN1C(=O)c2ccccc2C1=O)C(=O)Nc1ccccc1. The Morgan fingerprint density at radius 3 is 2.14 bits per heavy atom. The Morgan fingerprint density at radius 2 is 1.54 bits per heavy atom. The van der Waals surface area contributed by atoms with E-state index in [1.54, 1.807) is 48.5 Å². The number of para-hydroxylation sites is 1. The third kappa shape index (κ3) is 4.25. The Labute approximate surface area is 162 Å². The summed E-state index contributed by atoms with van der Waals surface area (Å²) in [6, 6.07) is 15.5. The first kappa shape index (κ1) is 19.3. The summed E-state index contributed by atoms with van der Waals surface area (Å²) in [6.07, 6.45) is -0.694. The van der Waals surface area contributed by atoms with Crippen LogP contribution >= 0.6 is 0 Å². The highest BCUT2D eigenvalue weighted by Gasteiger charge is 2.34. The topological polar surface area (TPSA) is 92.8 Å². The lowest BCUT2D eigenvalue weighted by Crippen LogP contribution is -2.32. The monoisotopic (exact) mass is 380 g/mol. The minimum absolute atomic E-state index is 0.00361. The Morgan fingerprint density at radius 1 is 0.964 bits per heavy atom. The lowest BCUT2D eigenvalue weighted by Gasteiger charge is -2.15. The van der Waals surface area contributed by atoms with Gasteiger partial charge in [0, 0.05) is 18.7 Å². The van der Waals surface area contributed by atoms with Crippen molar-refractivity contribution >= 4 is 29.4 Å². The third-order valence-electron chi connectivity index (χ3n) is 4.36. The fourth-order valence-electron chi connectivity index (χ4n) is 2.90. The molecule has 2 aromatic carbocycles. The zero-order valence-electron chi connectivity index (χ0n) is 15.4. The van der Waals surface area contributed by atoms with Gasteiger partial charge in [-0.3, -0.25) is 24.1 Å². The van der Waals surface area contributed by atoms with E-state index in [4.69, 9.17) is 4.74 Å². The van der Waals surface area contributed by atoms with E-state index in [1.165, 1.54) is 6.92 Å². The van der Waals surface area contributed by atoms with Crippen molar-refractivity contribution in [3.8, 4) is 0 Å². The summed E-state index contributed by atoms with van der Waals surface area (Å²) >= 11 is 0. The van der Waals surface area contributed by atoms with Gasteiger partial charge >= 0.3 is 5.97 Å². The van der Waals surface area contributed by atoms with E-state index in [1.807, 2.05) is 6.07 Å². The number of benzene rings is 2. The summed E-state index contributed by atoms with van der Waals surface area (Å²) in [7, 11) is 0. The number of hydrogen-bond donors (Lipinski definition) is 1. The summed E-state index contributed by atoms with van der Waals surface area (Å²) in [4.78, 5) is 49.7. The van der Waals surface area contributed by atoms with E-state index in [0.717, 1.165) is 4.90 Å². The molecule has 1 aliphatic heterocycles. The second-order valence-electron chi connectivity index (χ2n) is 6.40. The molecule has 1 N–H and O–H groups in total. The van der Waals surface area contributed by atoms with Gasteiger partial charge < -0.3 is 10.1 Å². The van der Waals surface area contributed by atoms with Crippen LogP contribution in [0.2, 0.25) is 0 Å². The van der Waals surface area contributed by atoms with E-state index in [-0.39, 0.29) is 31.2 Å². The maximum absolute atomic E-state index is 12.3. The van der Waals surface area contributed by atoms with Gasteiger partial charge in [-0.25, -0.2) is 0 Å². The van der Waals surface area contributed by atoms with Crippen molar-refractivity contribution in [1.29, 1.82) is 0 Å². The van der Waals surface area contributed by atoms with Crippen LogP contribution in [0.3, 0.4) is 0 Å². The molecule has 2 aromatic rings. The molecule has 7 heteroatoms. The predicted octanol–water partition coefficient (Wildman–Crippen LogP) is 2.63. The average molecular weight is 380 g/mol. The predicted molar refractivity (Wildman–Crippen MR) is 102 cm³/mol. The molecule has 0 bridgehead atoms. The molecule has 7 nitrogen and oxygen atoms in total. The molecule has 0 radical (unpaired) electrons. The van der Waals surface area contributed by atoms with Gasteiger partial charge in [0.15, 0.2) is 6.10 Å². The molecule has 0 saturated carbocycles. The minimum atomic E-state index is -0.952. The number of nitrogens with zero attached hydrogens (tertiary/aromatic N) is 1. The normalized spacial score (nSPS) is 13.8. The molecule has 0 aliphatic carbocycles. The number of rotatable bonds is 7. The van der Waals surface area contributed by atoms with Crippen molar-refractivity contribution < 1.29 is 23.9 Å². The lowest BCUT2D eigenvalue weighted by molar-refractivity contribution is -0.153. The molecule has 1 aliphatic rings. The van der Waals surface area contributed by atoms with Gasteiger partial charge in [-0.1, -0.05) is 30.3 Å². The molecular formula is C21H20N2O5. The molecule has 0 fully saturated rings. The number of nitrogens with one attached hydrogen (secondary N) is 1. The summed E-state index contributed by atoms with van der Waals surface area (Å²) < 4.78 is 5.13. The summed E-state index contributed by atoms with van der Waals surface area (Å²) in [5.41, 5.74) is 1.36. The van der Waals surface area contributed by atoms with Gasteiger partial charge in [-0.2, -0.15) is 0 Å². The van der Waals surface area contributed by atoms with Crippen LogP contribution in [0.4, 0.5) is 5.69 Å². The molecule has 0 aromatic heterocycles. The molecule has 3 amide bonds. The number of hydrogen-bond acceptors (Lipinski definition) is 5. The number of carbonyl (C=O) groups is 4. The van der Waals surface area contributed by atoms with Crippen LogP contribution in [-0.2, 0) is 14.3 Å². The van der Waals surface area contributed by atoms with Gasteiger partial charge in [-0.15, -0.1) is 0 Å². The quantitative estimate of drug-likeness (QED) is 0.589. The fraction of sp³-hybridized carbons (Fsp3) is 0.238. The van der Waals surface area contributed by atoms with Gasteiger partial charge in [-0.05, 0) is 37.6 Å². The standard InChI is InChI=1S/C21H20N2O5/c1-14(19(25)22-15-8-3-2-4-9-15)28-18(24)12-7-13-23-20(26)16-10-5-6-11-17(16)21(23)27/h2-6,8-11,14H,7,12-13H2,1H3,(H,22,25)/t14-/m1/s1. The van der Waals surface area contributed by atoms with Crippen LogP contribution in [-0.4, -0.2) is 41.2 Å². The molecule has 0 unspecified atom stereocenters. The van der Waals surface area contributed by atoms with Crippen molar-refractivity contribution in [2.45, 2.75) is 25.9 Å². The number of imide groups is 1. The van der Waals surface area contributed by atoms with Gasteiger partial charge in [0.25, 0.3) is 17.7 Å². The number of fused-ring (bicyclic) bond motifs is 1. The first-order valence-electron chi connectivity index (χ1n) is 8.98. The maximum Gasteiger partial charge on any atom is 0.306 e. The molecule has 0 saturated heterocycles. The maximum atomic E-state index is 12.3. The van der Waals surface area contributed by atoms with Crippen molar-refractivity contribution in [1.82, 2.24) is 4.90 Å². The zero-order chi connectivity index (χ0) is 20.1. The Balaban J connectivity index is 1.44. The average Bonchev–Trinajstić information content (AvgIpc) is 2.94. The van der Waals surface area contributed by atoms with Crippen molar-refractivity contribution in [3.05, 3.63) is 65.7 Å². The first-order chi connectivity index (χ1) is 13.5. The van der Waals surface area contributed by atoms with Crippen LogP contribution in [0.25, 0.3) is 0 Å². The largest absolute Gasteiger partial charge is 0.453 e. The van der Waals surface area contributed by atoms with Crippen molar-refractivity contribution in [3.63, 3.8) is 0 Å². The molecule has 28 heavy (non-hydrogen) atoms. The highest BCUT2D eigenvalue weighted by atomic mass is 16.5. The third-order valence-corrected chi connectivity index (χ3v) is 4.36. The zero-order valence-corrected chi connectivity index (χ0v) is 15.4. The Kier molecular flexibility index (Phi) is 5.84. The summed E-state index contributed by atoms with van der Waals surface area (Å²) in [5.74, 6) is -1.71.